The first kappa shape index (κ1) is 14.6. The summed E-state index contributed by atoms with van der Waals surface area (Å²) in [6, 6.07) is 6.34. The van der Waals surface area contributed by atoms with Crippen LogP contribution in [-0.2, 0) is 0 Å². The molecule has 4 nitrogen and oxygen atoms in total. The minimum atomic E-state index is 0.139. The number of nitrogens with zero attached hydrogens (tertiary/aromatic N) is 1. The number of halogens is 4. The summed E-state index contributed by atoms with van der Waals surface area (Å²) >= 11 is 23.9. The lowest BCUT2D eigenvalue weighted by atomic mass is 10.2. The number of phenolic OH excluding ortho intramolecular Hbond substituents is 1. The molecule has 2 heterocycles. The van der Waals surface area contributed by atoms with Crippen molar-refractivity contribution in [3.8, 4) is 28.7 Å². The van der Waals surface area contributed by atoms with Crippen LogP contribution in [0.4, 0.5) is 0 Å². The van der Waals surface area contributed by atoms with Crippen LogP contribution in [-0.4, -0.2) is 15.1 Å². The highest BCUT2D eigenvalue weighted by atomic mass is 35.5. The summed E-state index contributed by atoms with van der Waals surface area (Å²) in [5, 5.41) is 10.0. The summed E-state index contributed by atoms with van der Waals surface area (Å²) in [5.41, 5.74) is 1.01. The van der Waals surface area contributed by atoms with Crippen LogP contribution in [0.2, 0.25) is 20.4 Å². The molecular weight excluding hydrogens is 358 g/mol. The lowest BCUT2D eigenvalue weighted by Crippen LogP contribution is -1.77. The highest BCUT2D eigenvalue weighted by Gasteiger charge is 2.21. The van der Waals surface area contributed by atoms with Gasteiger partial charge < -0.3 is 14.5 Å². The fourth-order valence-electron chi connectivity index (χ4n) is 1.77. The van der Waals surface area contributed by atoms with Crippen molar-refractivity contribution in [2.75, 3.05) is 0 Å². The van der Waals surface area contributed by atoms with E-state index in [-0.39, 0.29) is 32.0 Å². The maximum atomic E-state index is 9.29. The third-order valence-corrected chi connectivity index (χ3v) is 4.26. The van der Waals surface area contributed by atoms with Gasteiger partial charge in [0, 0.05) is 5.56 Å². The molecular formula is C13H6Cl4N2O2. The maximum Gasteiger partial charge on any atom is 0.246 e. The van der Waals surface area contributed by atoms with Crippen molar-refractivity contribution in [1.82, 2.24) is 9.97 Å². The van der Waals surface area contributed by atoms with Crippen LogP contribution in [0.25, 0.3) is 22.9 Å². The molecule has 0 aliphatic heterocycles. The van der Waals surface area contributed by atoms with Gasteiger partial charge in [-0.1, -0.05) is 46.4 Å². The van der Waals surface area contributed by atoms with Crippen molar-refractivity contribution in [3.63, 3.8) is 0 Å². The van der Waals surface area contributed by atoms with E-state index in [4.69, 9.17) is 50.8 Å². The number of oxazole rings is 1. The topological polar surface area (TPSA) is 62.1 Å². The second-order valence-electron chi connectivity index (χ2n) is 4.13. The second kappa shape index (κ2) is 5.46. The molecule has 0 bridgehead atoms. The van der Waals surface area contributed by atoms with Gasteiger partial charge in [0.05, 0.1) is 10.0 Å². The molecule has 2 N–H and O–H groups in total. The molecule has 108 valence electrons. The monoisotopic (exact) mass is 362 g/mol. The van der Waals surface area contributed by atoms with E-state index in [2.05, 4.69) is 9.97 Å². The number of rotatable bonds is 2. The minimum absolute atomic E-state index is 0.139. The number of hydrogen-bond donors (Lipinski definition) is 2. The number of benzene rings is 1. The maximum absolute atomic E-state index is 9.29. The Balaban J connectivity index is 2.09. The van der Waals surface area contributed by atoms with E-state index < -0.39 is 0 Å². The van der Waals surface area contributed by atoms with Crippen LogP contribution in [0, 0.1) is 0 Å². The summed E-state index contributed by atoms with van der Waals surface area (Å²) in [5.74, 6) is 0.659. The zero-order valence-electron chi connectivity index (χ0n) is 10.1. The molecule has 0 atom stereocenters. The van der Waals surface area contributed by atoms with Crippen molar-refractivity contribution in [2.45, 2.75) is 0 Å². The Kier molecular flexibility index (Phi) is 3.80. The fraction of sp³-hybridized carbons (Fsp3) is 0. The molecule has 0 saturated carbocycles. The van der Waals surface area contributed by atoms with Gasteiger partial charge in [-0.25, -0.2) is 0 Å². The van der Waals surface area contributed by atoms with Gasteiger partial charge in [0.25, 0.3) is 0 Å². The number of aromatic amines is 1. The normalized spacial score (nSPS) is 11.0. The molecule has 3 rings (SSSR count). The van der Waals surface area contributed by atoms with E-state index in [0.717, 1.165) is 0 Å². The van der Waals surface area contributed by atoms with Crippen molar-refractivity contribution >= 4 is 46.4 Å². The van der Waals surface area contributed by atoms with Crippen LogP contribution in [0.5, 0.6) is 5.75 Å². The molecule has 0 saturated heterocycles. The third kappa shape index (κ3) is 2.60. The van der Waals surface area contributed by atoms with E-state index in [1.54, 1.807) is 12.1 Å². The molecule has 0 fully saturated rings. The van der Waals surface area contributed by atoms with E-state index in [9.17, 15) is 5.11 Å². The van der Waals surface area contributed by atoms with Gasteiger partial charge in [0.15, 0.2) is 10.9 Å². The lowest BCUT2D eigenvalue weighted by molar-refractivity contribution is 0.475. The van der Waals surface area contributed by atoms with E-state index in [0.29, 0.717) is 17.0 Å². The highest BCUT2D eigenvalue weighted by Crippen LogP contribution is 2.40. The molecule has 21 heavy (non-hydrogen) atoms. The molecule has 0 aliphatic rings. The average molecular weight is 364 g/mol. The smallest absolute Gasteiger partial charge is 0.246 e. The van der Waals surface area contributed by atoms with Crippen molar-refractivity contribution in [2.24, 2.45) is 0 Å². The summed E-state index contributed by atoms with van der Waals surface area (Å²) < 4.78 is 5.62. The summed E-state index contributed by atoms with van der Waals surface area (Å²) in [4.78, 5) is 6.87. The second-order valence-corrected chi connectivity index (χ2v) is 5.62. The fourth-order valence-corrected chi connectivity index (χ4v) is 2.60. The predicted molar refractivity (Wildman–Crippen MR) is 83.4 cm³/mol. The SMILES string of the molecule is Oc1ccc(-c2oc(-c3[nH]c(Cl)c(Cl)c3Cl)nc2Cl)cc1. The van der Waals surface area contributed by atoms with Crippen molar-refractivity contribution in [1.29, 1.82) is 0 Å². The van der Waals surface area contributed by atoms with Crippen molar-refractivity contribution in [3.05, 3.63) is 44.6 Å². The molecule has 0 spiro atoms. The number of aromatic nitrogens is 2. The first-order valence-electron chi connectivity index (χ1n) is 5.66. The third-order valence-electron chi connectivity index (χ3n) is 2.77. The minimum Gasteiger partial charge on any atom is -0.508 e. The number of hydrogen-bond acceptors (Lipinski definition) is 3. The standard InChI is InChI=1S/C13H6Cl4N2O2/c14-7-8(15)11(16)18-9(7)13-19-12(17)10(21-13)5-1-3-6(20)4-2-5/h1-4,18,20H. The number of nitrogens with one attached hydrogen (secondary N) is 1. The number of H-pyrrole nitrogens is 1. The Labute approximate surface area is 139 Å². The van der Waals surface area contributed by atoms with Gasteiger partial charge >= 0.3 is 0 Å². The number of aromatic hydroxyl groups is 1. The quantitative estimate of drug-likeness (QED) is 0.617. The van der Waals surface area contributed by atoms with Crippen LogP contribution in [0.1, 0.15) is 0 Å². The zero-order valence-corrected chi connectivity index (χ0v) is 13.1. The molecule has 0 aliphatic carbocycles. The number of phenols is 1. The van der Waals surface area contributed by atoms with Crippen LogP contribution in [0.15, 0.2) is 28.7 Å². The van der Waals surface area contributed by atoms with Gasteiger partial charge in [-0.3, -0.25) is 0 Å². The Morgan fingerprint density at radius 1 is 1.00 bits per heavy atom. The molecule has 0 amide bonds. The molecule has 0 radical (unpaired) electrons. The van der Waals surface area contributed by atoms with Gasteiger partial charge in [-0.2, -0.15) is 4.98 Å². The Morgan fingerprint density at radius 3 is 2.24 bits per heavy atom. The van der Waals surface area contributed by atoms with E-state index >= 15 is 0 Å². The largest absolute Gasteiger partial charge is 0.508 e. The Hall–Kier alpha value is -1.33. The first-order valence-corrected chi connectivity index (χ1v) is 7.17. The zero-order chi connectivity index (χ0) is 15.1. The van der Waals surface area contributed by atoms with Crippen LogP contribution in [0.3, 0.4) is 0 Å². The summed E-state index contributed by atoms with van der Waals surface area (Å²) in [6.45, 7) is 0. The average Bonchev–Trinajstić information content (AvgIpc) is 2.96. The lowest BCUT2D eigenvalue weighted by Gasteiger charge is -1.97. The highest BCUT2D eigenvalue weighted by molar-refractivity contribution is 6.49. The van der Waals surface area contributed by atoms with Gasteiger partial charge in [-0.05, 0) is 24.3 Å². The molecule has 3 aromatic rings. The van der Waals surface area contributed by atoms with E-state index in [1.165, 1.54) is 12.1 Å². The summed E-state index contributed by atoms with van der Waals surface area (Å²) in [6.07, 6.45) is 0. The van der Waals surface area contributed by atoms with E-state index in [1.807, 2.05) is 0 Å². The van der Waals surface area contributed by atoms with Gasteiger partial charge in [0.2, 0.25) is 5.89 Å². The van der Waals surface area contributed by atoms with Crippen LogP contribution >= 0.6 is 46.4 Å². The first-order chi connectivity index (χ1) is 9.97. The Morgan fingerprint density at radius 2 is 1.67 bits per heavy atom. The molecule has 1 aromatic carbocycles. The predicted octanol–water partition coefficient (Wildman–Crippen LogP) is 5.66. The summed E-state index contributed by atoms with van der Waals surface area (Å²) in [7, 11) is 0. The van der Waals surface area contributed by atoms with Gasteiger partial charge in [-0.15, -0.1) is 0 Å². The Bertz CT molecular complexity index is 808. The molecule has 8 heteroatoms. The van der Waals surface area contributed by atoms with Crippen LogP contribution < -0.4 is 0 Å². The molecule has 0 unspecified atom stereocenters. The van der Waals surface area contributed by atoms with Gasteiger partial charge in [0.1, 0.15) is 16.6 Å². The van der Waals surface area contributed by atoms with Crippen molar-refractivity contribution < 1.29 is 9.52 Å². The molecule has 2 aromatic heterocycles.